The van der Waals surface area contributed by atoms with E-state index in [1.54, 1.807) is 14.2 Å². The molecule has 2 heterocycles. The fraction of sp³-hybridized carbons (Fsp3) is 0.556. The van der Waals surface area contributed by atoms with Crippen LogP contribution in [0.25, 0.3) is 0 Å². The molecule has 5 nitrogen and oxygen atoms in total. The first kappa shape index (κ1) is 20.4. The minimum absolute atomic E-state index is 0.0375. The summed E-state index contributed by atoms with van der Waals surface area (Å²) in [5.74, 6) is 3.29. The van der Waals surface area contributed by atoms with Gasteiger partial charge in [-0.25, -0.2) is 0 Å². The van der Waals surface area contributed by atoms with Crippen molar-refractivity contribution in [1.82, 2.24) is 5.06 Å². The second kappa shape index (κ2) is 6.88. The lowest BCUT2D eigenvalue weighted by molar-refractivity contribution is -0.285. The van der Waals surface area contributed by atoms with Gasteiger partial charge in [-0.05, 0) is 78.5 Å². The Kier molecular flexibility index (Phi) is 4.38. The van der Waals surface area contributed by atoms with Gasteiger partial charge in [0.2, 0.25) is 0 Å². The van der Waals surface area contributed by atoms with E-state index in [9.17, 15) is 0 Å². The molecule has 2 aromatic rings. The summed E-state index contributed by atoms with van der Waals surface area (Å²) < 4.78 is 10.8. The minimum atomic E-state index is -0.148. The second-order valence-electron chi connectivity index (χ2n) is 10.9. The van der Waals surface area contributed by atoms with Crippen LogP contribution in [0.15, 0.2) is 48.5 Å². The molecule has 4 unspecified atom stereocenters. The normalized spacial score (nSPS) is 34.9. The Balaban J connectivity index is 1.37. The van der Waals surface area contributed by atoms with Crippen molar-refractivity contribution in [1.29, 1.82) is 0 Å². The number of nitrogens with zero attached hydrogens (tertiary/aromatic N) is 2. The lowest BCUT2D eigenvalue weighted by atomic mass is 9.43. The molecule has 170 valence electrons. The Bertz CT molecular complexity index is 1000. The Morgan fingerprint density at radius 1 is 0.938 bits per heavy atom. The number of methoxy groups -OCH3 is 2. The van der Waals surface area contributed by atoms with Gasteiger partial charge in [-0.1, -0.05) is 26.0 Å². The summed E-state index contributed by atoms with van der Waals surface area (Å²) in [6, 6.07) is 17.0. The van der Waals surface area contributed by atoms with E-state index in [0.29, 0.717) is 11.3 Å². The zero-order valence-corrected chi connectivity index (χ0v) is 19.6. The van der Waals surface area contributed by atoms with Crippen molar-refractivity contribution in [2.45, 2.75) is 50.7 Å². The van der Waals surface area contributed by atoms with Gasteiger partial charge in [0.1, 0.15) is 11.5 Å². The largest absolute Gasteiger partial charge is 0.497 e. The van der Waals surface area contributed by atoms with Crippen LogP contribution in [0.4, 0.5) is 5.69 Å². The van der Waals surface area contributed by atoms with E-state index in [0.717, 1.165) is 37.1 Å². The number of rotatable bonds is 4. The van der Waals surface area contributed by atoms with E-state index in [1.807, 2.05) is 12.1 Å². The van der Waals surface area contributed by atoms with E-state index >= 15 is 0 Å². The smallest absolute Gasteiger partial charge is 0.119 e. The van der Waals surface area contributed by atoms with E-state index < -0.39 is 0 Å². The summed E-state index contributed by atoms with van der Waals surface area (Å²) in [4.78, 5) is 9.48. The van der Waals surface area contributed by atoms with Crippen molar-refractivity contribution in [3.8, 4) is 11.5 Å². The molecule has 5 fully saturated rings. The molecule has 0 radical (unpaired) electrons. The van der Waals surface area contributed by atoms with E-state index in [2.05, 4.69) is 60.2 Å². The van der Waals surface area contributed by atoms with Crippen LogP contribution in [0, 0.1) is 17.3 Å². The highest BCUT2D eigenvalue weighted by Gasteiger charge is 2.69. The third kappa shape index (κ3) is 2.70. The fourth-order valence-electron chi connectivity index (χ4n) is 7.26. The number of fused-ring (bicyclic) bond motifs is 2. The molecule has 2 saturated heterocycles. The SMILES string of the molecule is COc1ccc(N2CN3OC4(CCC5CC4C5(C)C)CC3(c3ccc(OC)cc3)C2)cc1. The lowest BCUT2D eigenvalue weighted by Crippen LogP contribution is -2.62. The maximum atomic E-state index is 7.05. The van der Waals surface area contributed by atoms with Crippen LogP contribution in [0.3, 0.4) is 0 Å². The van der Waals surface area contributed by atoms with Gasteiger partial charge in [0.25, 0.3) is 0 Å². The van der Waals surface area contributed by atoms with Crippen LogP contribution in [0.2, 0.25) is 0 Å². The molecule has 0 aromatic heterocycles. The molecule has 2 aromatic carbocycles. The van der Waals surface area contributed by atoms with Gasteiger partial charge in [-0.2, -0.15) is 5.06 Å². The summed E-state index contributed by atoms with van der Waals surface area (Å²) in [6.07, 6.45) is 4.85. The highest BCUT2D eigenvalue weighted by Crippen LogP contribution is 2.68. The average molecular weight is 435 g/mol. The van der Waals surface area contributed by atoms with E-state index in [-0.39, 0.29) is 11.1 Å². The second-order valence-corrected chi connectivity index (χ2v) is 10.9. The number of ether oxygens (including phenoxy) is 2. The standard InChI is InChI=1S/C27H34N2O3/c1-25(2)20-13-14-27(24(25)15-20)16-26(19-5-9-22(30-3)10-6-19)17-28(18-29(26)32-27)21-7-11-23(31-4)12-8-21/h5-12,20,24H,13-18H2,1-4H3. The zero-order chi connectivity index (χ0) is 22.1. The maximum Gasteiger partial charge on any atom is 0.119 e. The average Bonchev–Trinajstić information content (AvgIpc) is 3.31. The molecule has 32 heavy (non-hydrogen) atoms. The first-order valence-corrected chi connectivity index (χ1v) is 11.9. The highest BCUT2D eigenvalue weighted by molar-refractivity contribution is 5.52. The van der Waals surface area contributed by atoms with E-state index in [1.165, 1.54) is 30.5 Å². The van der Waals surface area contributed by atoms with Gasteiger partial charge in [-0.15, -0.1) is 0 Å². The lowest BCUT2D eigenvalue weighted by Gasteiger charge is -2.63. The number of hydroxylamine groups is 2. The monoisotopic (exact) mass is 434 g/mol. The van der Waals surface area contributed by atoms with Gasteiger partial charge < -0.3 is 14.4 Å². The van der Waals surface area contributed by atoms with Gasteiger partial charge in [-0.3, -0.25) is 4.84 Å². The predicted molar refractivity (Wildman–Crippen MR) is 125 cm³/mol. The molecular formula is C27H34N2O3. The first-order valence-electron chi connectivity index (χ1n) is 11.9. The Labute approximate surface area is 191 Å². The van der Waals surface area contributed by atoms with Gasteiger partial charge in [0, 0.05) is 18.7 Å². The molecular weight excluding hydrogens is 400 g/mol. The van der Waals surface area contributed by atoms with Crippen LogP contribution in [-0.2, 0) is 10.4 Å². The van der Waals surface area contributed by atoms with Crippen LogP contribution in [0.1, 0.15) is 45.1 Å². The fourth-order valence-corrected chi connectivity index (χ4v) is 7.26. The van der Waals surface area contributed by atoms with E-state index in [4.69, 9.17) is 14.3 Å². The summed E-state index contributed by atoms with van der Waals surface area (Å²) in [5, 5.41) is 2.31. The molecule has 3 aliphatic carbocycles. The number of benzene rings is 2. The summed E-state index contributed by atoms with van der Waals surface area (Å²) in [7, 11) is 3.44. The van der Waals surface area contributed by atoms with Crippen molar-refractivity contribution < 1.29 is 14.3 Å². The quantitative estimate of drug-likeness (QED) is 0.660. The van der Waals surface area contributed by atoms with Crippen LogP contribution < -0.4 is 14.4 Å². The Morgan fingerprint density at radius 2 is 1.59 bits per heavy atom. The molecule has 7 rings (SSSR count). The first-order chi connectivity index (χ1) is 15.4. The van der Waals surface area contributed by atoms with Crippen molar-refractivity contribution in [2.24, 2.45) is 17.3 Å². The molecule has 0 N–H and O–H groups in total. The molecule has 5 aliphatic rings. The minimum Gasteiger partial charge on any atom is -0.497 e. The summed E-state index contributed by atoms with van der Waals surface area (Å²) >= 11 is 0. The molecule has 2 bridgehead atoms. The van der Waals surface area contributed by atoms with Crippen LogP contribution in [-0.4, -0.2) is 38.1 Å². The number of hydrogen-bond donors (Lipinski definition) is 0. The number of hydrogen-bond acceptors (Lipinski definition) is 5. The van der Waals surface area contributed by atoms with Gasteiger partial charge in [0.05, 0.1) is 32.0 Å². The molecule has 2 aliphatic heterocycles. The van der Waals surface area contributed by atoms with Crippen molar-refractivity contribution >= 4 is 5.69 Å². The zero-order valence-electron chi connectivity index (χ0n) is 19.6. The Hall–Kier alpha value is -2.24. The molecule has 4 atom stereocenters. The summed E-state index contributed by atoms with van der Waals surface area (Å²) in [6.45, 7) is 6.62. The maximum absolute atomic E-state index is 7.05. The Morgan fingerprint density at radius 3 is 2.19 bits per heavy atom. The van der Waals surface area contributed by atoms with Crippen molar-refractivity contribution in [2.75, 3.05) is 32.3 Å². The third-order valence-corrected chi connectivity index (χ3v) is 9.20. The molecule has 0 amide bonds. The van der Waals surface area contributed by atoms with Crippen molar-refractivity contribution in [3.05, 3.63) is 54.1 Å². The van der Waals surface area contributed by atoms with Crippen LogP contribution >= 0.6 is 0 Å². The van der Waals surface area contributed by atoms with Gasteiger partial charge in [0.15, 0.2) is 0 Å². The van der Waals surface area contributed by atoms with Gasteiger partial charge >= 0.3 is 0 Å². The highest BCUT2D eigenvalue weighted by atomic mass is 16.7. The molecule has 1 spiro atoms. The topological polar surface area (TPSA) is 34.2 Å². The van der Waals surface area contributed by atoms with Crippen molar-refractivity contribution in [3.63, 3.8) is 0 Å². The number of anilines is 1. The predicted octanol–water partition coefficient (Wildman–Crippen LogP) is 5.21. The summed E-state index contributed by atoms with van der Waals surface area (Å²) in [5.41, 5.74) is 2.73. The third-order valence-electron chi connectivity index (χ3n) is 9.20. The van der Waals surface area contributed by atoms with Crippen LogP contribution in [0.5, 0.6) is 11.5 Å². The molecule has 5 heteroatoms. The molecule has 3 saturated carbocycles.